The van der Waals surface area contributed by atoms with Gasteiger partial charge in [0, 0.05) is 13.1 Å². The Morgan fingerprint density at radius 1 is 0.617 bits per heavy atom. The fourth-order valence-electron chi connectivity index (χ4n) is 4.23. The highest BCUT2D eigenvalue weighted by atomic mass is 35.5. The molecule has 0 spiro atoms. The van der Waals surface area contributed by atoms with Crippen molar-refractivity contribution in [3.63, 3.8) is 0 Å². The van der Waals surface area contributed by atoms with E-state index in [2.05, 4.69) is 14.0 Å². The molecule has 0 aliphatic carbocycles. The first-order valence-corrected chi connectivity index (χ1v) is 18.9. The Kier molecular flexibility index (Phi) is 14.4. The number of nitrogens with zero attached hydrogens (tertiary/aromatic N) is 3. The fourth-order valence-corrected chi connectivity index (χ4v) is 7.29. The summed E-state index contributed by atoms with van der Waals surface area (Å²) in [5.74, 6) is 0.645. The number of hydrogen-bond donors (Lipinski definition) is 1. The van der Waals surface area contributed by atoms with Crippen LogP contribution in [0.15, 0.2) is 106 Å². The van der Waals surface area contributed by atoms with Gasteiger partial charge >= 0.3 is 10.4 Å². The van der Waals surface area contributed by atoms with Crippen LogP contribution in [-0.4, -0.2) is 38.9 Å². The van der Waals surface area contributed by atoms with E-state index in [9.17, 15) is 12.3 Å². The second kappa shape index (κ2) is 18.2. The smallest absolute Gasteiger partial charge is 0.382 e. The number of nitrogens with one attached hydrogen (secondary N) is 1. The molecule has 0 radical (unpaired) electrons. The van der Waals surface area contributed by atoms with Crippen molar-refractivity contribution >= 4 is 78.4 Å². The maximum Gasteiger partial charge on any atom is 0.382 e. The van der Waals surface area contributed by atoms with Crippen molar-refractivity contribution in [2.24, 2.45) is 8.73 Å². The fraction of sp³-hybridized carbons (Fsp3) is 0.250. The third-order valence-electron chi connectivity index (χ3n) is 6.48. The van der Waals surface area contributed by atoms with E-state index in [-0.39, 0.29) is 16.5 Å². The quantitative estimate of drug-likeness (QED) is 0.189. The van der Waals surface area contributed by atoms with Gasteiger partial charge in [-0.1, -0.05) is 86.7 Å². The molecule has 0 aromatic heterocycles. The van der Waals surface area contributed by atoms with Crippen molar-refractivity contribution < 1.29 is 20.7 Å². The minimum absolute atomic E-state index is 0.0813. The normalized spacial score (nSPS) is 16.7. The zero-order valence-corrected chi connectivity index (χ0v) is 29.7. The number of hydrogen-bond acceptors (Lipinski definition) is 7. The molecule has 47 heavy (non-hydrogen) atoms. The molecule has 2 aliphatic heterocycles. The summed E-state index contributed by atoms with van der Waals surface area (Å²) in [7, 11) is -7.39. The average molecular weight is 763 g/mol. The van der Waals surface area contributed by atoms with Gasteiger partial charge in [0.2, 0.25) is 0 Å². The molecule has 2 heterocycles. The van der Waals surface area contributed by atoms with Crippen molar-refractivity contribution in [1.29, 1.82) is 0 Å². The Morgan fingerprint density at radius 2 is 1.09 bits per heavy atom. The first-order chi connectivity index (χ1) is 22.5. The van der Waals surface area contributed by atoms with Gasteiger partial charge in [-0.25, -0.2) is 0 Å². The number of rotatable bonds is 7. The van der Waals surface area contributed by atoms with Crippen LogP contribution in [0, 0.1) is 0 Å². The standard InChI is InChI=1S/C16H16Cl2N2O2S.C12H8Cl2FNO2S.C4H9N/c17-15-9-8-13(12-16(15)18)19-23(21,20-10-4-5-11-20)22-14-6-2-1-3-7-14;13-11-7-6-9(8-12(11)14)16-19(15,17)18-10-4-2-1-3-5-10;1-2-4-5-3-1/h1-3,6-9,12H,4-5,10-11H2;1-8H;5H,1-4H2. The van der Waals surface area contributed by atoms with Crippen molar-refractivity contribution in [2.75, 3.05) is 26.2 Å². The molecule has 0 amide bonds. The lowest BCUT2D eigenvalue weighted by atomic mass is 10.3. The van der Waals surface area contributed by atoms with Gasteiger partial charge in [-0.2, -0.15) is 17.1 Å². The van der Waals surface area contributed by atoms with E-state index in [0.717, 1.165) is 12.8 Å². The van der Waals surface area contributed by atoms with Crippen LogP contribution < -0.4 is 13.7 Å². The summed E-state index contributed by atoms with van der Waals surface area (Å²) >= 11 is 23.4. The molecule has 2 saturated heterocycles. The molecular weight excluding hydrogens is 729 g/mol. The molecular formula is C32H33Cl4FN4O4S2. The molecule has 6 rings (SSSR count). The second-order valence-electron chi connectivity index (χ2n) is 10.1. The zero-order chi connectivity index (χ0) is 33.7. The zero-order valence-electron chi connectivity index (χ0n) is 25.1. The monoisotopic (exact) mass is 760 g/mol. The molecule has 252 valence electrons. The van der Waals surface area contributed by atoms with E-state index < -0.39 is 20.6 Å². The SMILES string of the molecule is C1CCNC1.O=S(=Nc1ccc(Cl)c(Cl)c1)(Oc1ccccc1)N1CCCC1.O=S(F)(=Nc1ccc(Cl)c(Cl)c1)Oc1ccccc1. The largest absolute Gasteiger partial charge is 0.385 e. The van der Waals surface area contributed by atoms with E-state index in [0.29, 0.717) is 39.6 Å². The second-order valence-corrected chi connectivity index (χ2v) is 14.7. The maximum atomic E-state index is 13.8. The van der Waals surface area contributed by atoms with Crippen molar-refractivity contribution in [3.8, 4) is 11.5 Å². The molecule has 4 aromatic carbocycles. The van der Waals surface area contributed by atoms with Gasteiger partial charge in [-0.3, -0.25) is 0 Å². The molecule has 0 bridgehead atoms. The number of para-hydroxylation sites is 2. The Hall–Kier alpha value is -2.61. The molecule has 4 aromatic rings. The highest BCUT2D eigenvalue weighted by Crippen LogP contribution is 2.30. The van der Waals surface area contributed by atoms with Crippen molar-refractivity contribution in [1.82, 2.24) is 9.62 Å². The first kappa shape index (κ1) is 37.2. The summed E-state index contributed by atoms with van der Waals surface area (Å²) in [6, 6.07) is 26.0. The van der Waals surface area contributed by atoms with E-state index in [4.69, 9.17) is 54.8 Å². The highest BCUT2D eigenvalue weighted by Gasteiger charge is 2.26. The van der Waals surface area contributed by atoms with Gasteiger partial charge in [0.15, 0.2) is 0 Å². The van der Waals surface area contributed by atoms with Crippen LogP contribution in [-0.2, 0) is 20.6 Å². The molecule has 8 nitrogen and oxygen atoms in total. The maximum absolute atomic E-state index is 13.8. The molecule has 15 heteroatoms. The van der Waals surface area contributed by atoms with Crippen LogP contribution in [0.3, 0.4) is 0 Å². The predicted octanol–water partition coefficient (Wildman–Crippen LogP) is 10.4. The molecule has 2 fully saturated rings. The van der Waals surface area contributed by atoms with E-state index in [1.54, 1.807) is 52.8 Å². The Balaban J connectivity index is 0.000000187. The van der Waals surface area contributed by atoms with Crippen LogP contribution in [0.2, 0.25) is 20.1 Å². The third kappa shape index (κ3) is 12.4. The van der Waals surface area contributed by atoms with Gasteiger partial charge in [-0.15, -0.1) is 4.36 Å². The van der Waals surface area contributed by atoms with Gasteiger partial charge in [0.05, 0.1) is 31.5 Å². The molecule has 0 saturated carbocycles. The summed E-state index contributed by atoms with van der Waals surface area (Å²) in [6.07, 6.45) is 4.73. The Morgan fingerprint density at radius 3 is 1.53 bits per heavy atom. The number of halogens is 5. The van der Waals surface area contributed by atoms with Gasteiger partial charge in [0.1, 0.15) is 11.5 Å². The van der Waals surface area contributed by atoms with Crippen LogP contribution in [0.5, 0.6) is 11.5 Å². The lowest BCUT2D eigenvalue weighted by Crippen LogP contribution is -2.31. The van der Waals surface area contributed by atoms with Crippen LogP contribution in [0.4, 0.5) is 15.3 Å². The molecule has 2 unspecified atom stereocenters. The average Bonchev–Trinajstić information content (AvgIpc) is 3.80. The van der Waals surface area contributed by atoms with Gasteiger partial charge in [-0.05, 0) is 99.4 Å². The summed E-state index contributed by atoms with van der Waals surface area (Å²) in [6.45, 7) is 3.88. The third-order valence-corrected chi connectivity index (χ3v) is 10.7. The summed E-state index contributed by atoms with van der Waals surface area (Å²) in [5.41, 5.74) is 0.560. The van der Waals surface area contributed by atoms with Gasteiger partial charge in [0.25, 0.3) is 10.2 Å². The predicted molar refractivity (Wildman–Crippen MR) is 192 cm³/mol. The molecule has 1 N–H and O–H groups in total. The number of benzene rings is 4. The topological polar surface area (TPSA) is 92.6 Å². The van der Waals surface area contributed by atoms with Crippen LogP contribution in [0.1, 0.15) is 25.7 Å². The lowest BCUT2D eigenvalue weighted by molar-refractivity contribution is 0.445. The summed E-state index contributed by atoms with van der Waals surface area (Å²) in [5, 5.41) is 4.52. The first-order valence-electron chi connectivity index (χ1n) is 14.6. The Labute approximate surface area is 296 Å². The minimum Gasteiger partial charge on any atom is -0.385 e. The van der Waals surface area contributed by atoms with E-state index in [1.807, 2.05) is 18.2 Å². The van der Waals surface area contributed by atoms with Crippen LogP contribution >= 0.6 is 46.4 Å². The van der Waals surface area contributed by atoms with Crippen molar-refractivity contribution in [2.45, 2.75) is 25.7 Å². The van der Waals surface area contributed by atoms with Crippen molar-refractivity contribution in [3.05, 3.63) is 117 Å². The Bertz CT molecular complexity index is 1840. The lowest BCUT2D eigenvalue weighted by Gasteiger charge is -2.20. The highest BCUT2D eigenvalue weighted by molar-refractivity contribution is 7.87. The van der Waals surface area contributed by atoms with Crippen LogP contribution in [0.25, 0.3) is 0 Å². The summed E-state index contributed by atoms with van der Waals surface area (Å²) in [4.78, 5) is 0. The minimum atomic E-state index is -4.34. The molecule has 2 atom stereocenters. The van der Waals surface area contributed by atoms with Gasteiger partial charge < -0.3 is 13.7 Å². The molecule has 2 aliphatic rings. The summed E-state index contributed by atoms with van der Waals surface area (Å²) < 4.78 is 58.7. The van der Waals surface area contributed by atoms with E-state index in [1.165, 1.54) is 56.3 Å². The van der Waals surface area contributed by atoms with E-state index >= 15 is 0 Å².